The Morgan fingerprint density at radius 2 is 1.38 bits per heavy atom. The molecule has 0 saturated carbocycles. The third-order valence-electron chi connectivity index (χ3n) is 6.86. The second-order valence-corrected chi connectivity index (χ2v) is 10.2. The van der Waals surface area contributed by atoms with E-state index in [0.717, 1.165) is 31.7 Å². The van der Waals surface area contributed by atoms with Crippen molar-refractivity contribution in [3.8, 4) is 16.8 Å². The molecule has 0 bridgehead atoms. The first-order chi connectivity index (χ1) is 17.8. The van der Waals surface area contributed by atoms with E-state index in [9.17, 15) is 4.79 Å². The number of aryl methyl sites for hydroxylation is 1. The molecule has 1 aliphatic rings. The van der Waals surface area contributed by atoms with Crippen LogP contribution in [-0.2, 0) is 13.0 Å². The predicted octanol–water partition coefficient (Wildman–Crippen LogP) is 4.11. The monoisotopic (exact) mass is 494 g/mol. The number of hydrogen-bond acceptors (Lipinski definition) is 5. The highest BCUT2D eigenvalue weighted by atomic mass is 16.1. The van der Waals surface area contributed by atoms with Crippen molar-refractivity contribution in [2.45, 2.75) is 45.8 Å². The average molecular weight is 495 g/mol. The fourth-order valence-corrected chi connectivity index (χ4v) is 5.17. The second kappa shape index (κ2) is 10.7. The molecular weight excluding hydrogens is 460 g/mol. The minimum atomic E-state index is -0.627. The highest BCUT2D eigenvalue weighted by molar-refractivity contribution is 5.88. The third kappa shape index (κ3) is 5.96. The van der Waals surface area contributed by atoms with Gasteiger partial charge in [-0.05, 0) is 67.1 Å². The summed E-state index contributed by atoms with van der Waals surface area (Å²) in [5, 5.41) is 7.80. The standard InChI is InChI=1S/C30H34N6O/c1-20-17-35(18-21(2)32-20)19-25-6-12-27(13-7-25)26-10-4-23(5-11-26)16-24-8-14-28(15-9-24)36-22(3)33-30(34-36)29(31)37/h4-15,20-21,32H,16-19H2,1-3H3,(H2,31,37). The molecule has 4 aromatic rings. The van der Waals surface area contributed by atoms with Crippen molar-refractivity contribution in [3.05, 3.63) is 101 Å². The Labute approximate surface area is 218 Å². The van der Waals surface area contributed by atoms with Crippen LogP contribution in [0.15, 0.2) is 72.8 Å². The van der Waals surface area contributed by atoms with Gasteiger partial charge >= 0.3 is 0 Å². The van der Waals surface area contributed by atoms with Crippen LogP contribution in [0.25, 0.3) is 16.8 Å². The quantitative estimate of drug-likeness (QED) is 0.404. The Morgan fingerprint density at radius 3 is 1.89 bits per heavy atom. The molecule has 0 spiro atoms. The molecule has 5 rings (SSSR count). The molecule has 0 radical (unpaired) electrons. The summed E-state index contributed by atoms with van der Waals surface area (Å²) in [6, 6.07) is 27.0. The van der Waals surface area contributed by atoms with E-state index in [4.69, 9.17) is 5.73 Å². The molecule has 3 aromatic carbocycles. The van der Waals surface area contributed by atoms with Gasteiger partial charge < -0.3 is 11.1 Å². The van der Waals surface area contributed by atoms with E-state index in [1.165, 1.54) is 27.8 Å². The van der Waals surface area contributed by atoms with Gasteiger partial charge in [0.2, 0.25) is 5.82 Å². The second-order valence-electron chi connectivity index (χ2n) is 10.2. The van der Waals surface area contributed by atoms with Crippen molar-refractivity contribution < 1.29 is 4.79 Å². The number of piperazine rings is 1. The SMILES string of the molecule is Cc1nc(C(N)=O)nn1-c1ccc(Cc2ccc(-c3ccc(CN4CC(C)NC(C)C4)cc3)cc2)cc1. The topological polar surface area (TPSA) is 89.1 Å². The lowest BCUT2D eigenvalue weighted by molar-refractivity contribution is 0.0990. The zero-order valence-electron chi connectivity index (χ0n) is 21.7. The smallest absolute Gasteiger partial charge is 0.288 e. The Kier molecular flexibility index (Phi) is 7.17. The molecule has 1 aliphatic heterocycles. The van der Waals surface area contributed by atoms with Gasteiger partial charge in [-0.15, -0.1) is 5.10 Å². The molecule has 1 aromatic heterocycles. The first-order valence-electron chi connectivity index (χ1n) is 12.8. The van der Waals surface area contributed by atoms with E-state index in [1.54, 1.807) is 11.6 Å². The number of nitrogens with one attached hydrogen (secondary N) is 1. The van der Waals surface area contributed by atoms with Crippen molar-refractivity contribution in [1.82, 2.24) is 25.0 Å². The summed E-state index contributed by atoms with van der Waals surface area (Å²) >= 11 is 0. The highest BCUT2D eigenvalue weighted by Crippen LogP contribution is 2.23. The molecule has 1 amide bonds. The lowest BCUT2D eigenvalue weighted by Gasteiger charge is -2.36. The minimum absolute atomic E-state index is 0.0279. The van der Waals surface area contributed by atoms with Crippen molar-refractivity contribution in [2.24, 2.45) is 5.73 Å². The van der Waals surface area contributed by atoms with Crippen molar-refractivity contribution in [3.63, 3.8) is 0 Å². The van der Waals surface area contributed by atoms with E-state index in [2.05, 4.69) is 94.8 Å². The van der Waals surface area contributed by atoms with Crippen LogP contribution in [0.5, 0.6) is 0 Å². The average Bonchev–Trinajstić information content (AvgIpc) is 3.27. The van der Waals surface area contributed by atoms with Crippen LogP contribution in [0, 0.1) is 6.92 Å². The Hall–Kier alpha value is -3.81. The molecule has 2 unspecified atom stereocenters. The third-order valence-corrected chi connectivity index (χ3v) is 6.86. The van der Waals surface area contributed by atoms with Gasteiger partial charge in [-0.2, -0.15) is 0 Å². The van der Waals surface area contributed by atoms with Crippen molar-refractivity contribution in [1.29, 1.82) is 0 Å². The number of amides is 1. The van der Waals surface area contributed by atoms with Gasteiger partial charge in [0.05, 0.1) is 5.69 Å². The molecule has 2 atom stereocenters. The lowest BCUT2D eigenvalue weighted by Crippen LogP contribution is -2.53. The van der Waals surface area contributed by atoms with Gasteiger partial charge in [0.15, 0.2) is 0 Å². The van der Waals surface area contributed by atoms with E-state index < -0.39 is 5.91 Å². The van der Waals surface area contributed by atoms with Gasteiger partial charge in [-0.3, -0.25) is 9.69 Å². The fourth-order valence-electron chi connectivity index (χ4n) is 5.17. The minimum Gasteiger partial charge on any atom is -0.363 e. The van der Waals surface area contributed by atoms with Crippen LogP contribution in [0.3, 0.4) is 0 Å². The zero-order valence-corrected chi connectivity index (χ0v) is 21.7. The molecule has 190 valence electrons. The molecule has 7 heteroatoms. The number of hydrogen-bond donors (Lipinski definition) is 2. The normalized spacial score (nSPS) is 18.1. The molecular formula is C30H34N6O. The summed E-state index contributed by atoms with van der Waals surface area (Å²) in [6.07, 6.45) is 0.837. The Bertz CT molecular complexity index is 1350. The number of primary amides is 1. The van der Waals surface area contributed by atoms with Gasteiger partial charge in [-0.1, -0.05) is 60.7 Å². The highest BCUT2D eigenvalue weighted by Gasteiger charge is 2.20. The Balaban J connectivity index is 1.21. The number of carbonyl (C=O) groups is 1. The first kappa shape index (κ1) is 24.9. The number of nitrogens with zero attached hydrogens (tertiary/aromatic N) is 4. The molecule has 1 saturated heterocycles. The molecule has 7 nitrogen and oxygen atoms in total. The van der Waals surface area contributed by atoms with E-state index >= 15 is 0 Å². The van der Waals surface area contributed by atoms with Crippen LogP contribution in [0.4, 0.5) is 0 Å². The van der Waals surface area contributed by atoms with Crippen molar-refractivity contribution in [2.75, 3.05) is 13.1 Å². The Morgan fingerprint density at radius 1 is 0.865 bits per heavy atom. The molecule has 2 heterocycles. The largest absolute Gasteiger partial charge is 0.363 e. The molecule has 0 aliphatic carbocycles. The summed E-state index contributed by atoms with van der Waals surface area (Å²) in [5.74, 6) is 0.0238. The van der Waals surface area contributed by atoms with Crippen LogP contribution in [-0.4, -0.2) is 50.7 Å². The zero-order chi connectivity index (χ0) is 25.9. The summed E-state index contributed by atoms with van der Waals surface area (Å²) in [7, 11) is 0. The molecule has 37 heavy (non-hydrogen) atoms. The van der Waals surface area contributed by atoms with Crippen LogP contribution >= 0.6 is 0 Å². The van der Waals surface area contributed by atoms with Crippen LogP contribution in [0.2, 0.25) is 0 Å². The first-order valence-corrected chi connectivity index (χ1v) is 12.8. The van der Waals surface area contributed by atoms with Gasteiger partial charge in [0, 0.05) is 31.7 Å². The van der Waals surface area contributed by atoms with E-state index in [0.29, 0.717) is 17.9 Å². The lowest BCUT2D eigenvalue weighted by atomic mass is 9.99. The summed E-state index contributed by atoms with van der Waals surface area (Å²) in [5.41, 5.74) is 12.4. The number of aromatic nitrogens is 3. The van der Waals surface area contributed by atoms with Gasteiger partial charge in [-0.25, -0.2) is 9.67 Å². The maximum absolute atomic E-state index is 11.4. The predicted molar refractivity (Wildman–Crippen MR) is 147 cm³/mol. The molecule has 1 fully saturated rings. The van der Waals surface area contributed by atoms with Crippen LogP contribution < -0.4 is 11.1 Å². The van der Waals surface area contributed by atoms with Gasteiger partial charge in [0.1, 0.15) is 5.82 Å². The summed E-state index contributed by atoms with van der Waals surface area (Å²) in [4.78, 5) is 18.0. The molecule has 3 N–H and O–H groups in total. The summed E-state index contributed by atoms with van der Waals surface area (Å²) in [6.45, 7) is 9.49. The number of rotatable bonds is 7. The number of benzene rings is 3. The van der Waals surface area contributed by atoms with Crippen molar-refractivity contribution >= 4 is 5.91 Å². The number of carbonyl (C=O) groups excluding carboxylic acids is 1. The maximum Gasteiger partial charge on any atom is 0.288 e. The van der Waals surface area contributed by atoms with Crippen LogP contribution in [0.1, 0.15) is 47.0 Å². The van der Waals surface area contributed by atoms with Gasteiger partial charge in [0.25, 0.3) is 5.91 Å². The van der Waals surface area contributed by atoms with E-state index in [1.807, 2.05) is 12.1 Å². The van der Waals surface area contributed by atoms with E-state index in [-0.39, 0.29) is 5.82 Å². The maximum atomic E-state index is 11.4. The fraction of sp³-hybridized carbons (Fsp3) is 0.300. The number of nitrogens with two attached hydrogens (primary N) is 1. The summed E-state index contributed by atoms with van der Waals surface area (Å²) < 4.78 is 1.63.